The highest BCUT2D eigenvalue weighted by Gasteiger charge is 2.27. The summed E-state index contributed by atoms with van der Waals surface area (Å²) in [5, 5.41) is 3.72. The molecule has 0 aromatic heterocycles. The lowest BCUT2D eigenvalue weighted by atomic mass is 9.92. The van der Waals surface area contributed by atoms with Gasteiger partial charge in [-0.05, 0) is 43.9 Å². The Hall–Kier alpha value is -0.470. The van der Waals surface area contributed by atoms with Gasteiger partial charge in [-0.1, -0.05) is 31.5 Å². The van der Waals surface area contributed by atoms with E-state index in [1.807, 2.05) is 11.8 Å². The molecule has 1 aromatic carbocycles. The van der Waals surface area contributed by atoms with Crippen LogP contribution in [0.3, 0.4) is 0 Å². The highest BCUT2D eigenvalue weighted by molar-refractivity contribution is 7.99. The maximum Gasteiger partial charge on any atom is 0.0365 e. The summed E-state index contributed by atoms with van der Waals surface area (Å²) in [7, 11) is 0. The van der Waals surface area contributed by atoms with Crippen molar-refractivity contribution in [3.8, 4) is 0 Å². The Bertz CT molecular complexity index is 400. The summed E-state index contributed by atoms with van der Waals surface area (Å²) in [6, 6.07) is 5.22. The summed E-state index contributed by atoms with van der Waals surface area (Å²) in [5.41, 5.74) is 4.36. The number of benzene rings is 1. The van der Waals surface area contributed by atoms with Gasteiger partial charge in [0.1, 0.15) is 0 Å². The van der Waals surface area contributed by atoms with Crippen LogP contribution in [0.25, 0.3) is 0 Å². The minimum Gasteiger partial charge on any atom is -0.310 e. The highest BCUT2D eigenvalue weighted by atomic mass is 32.2. The molecule has 0 fully saturated rings. The van der Waals surface area contributed by atoms with Crippen molar-refractivity contribution in [1.29, 1.82) is 0 Å². The number of thioether (sulfide) groups is 1. The molecule has 94 valence electrons. The van der Waals surface area contributed by atoms with Crippen molar-refractivity contribution in [3.05, 3.63) is 28.8 Å². The molecule has 1 aliphatic rings. The molecule has 1 nitrogen and oxygen atoms in total. The first-order chi connectivity index (χ1) is 8.13. The Morgan fingerprint density at radius 1 is 1.35 bits per heavy atom. The Kier molecular flexibility index (Phi) is 4.16. The number of nitrogens with one attached hydrogen (secondary N) is 1. The van der Waals surface area contributed by atoms with E-state index in [9.17, 15) is 0 Å². The highest BCUT2D eigenvalue weighted by Crippen LogP contribution is 2.41. The maximum atomic E-state index is 3.72. The van der Waals surface area contributed by atoms with Crippen LogP contribution >= 0.6 is 11.8 Å². The van der Waals surface area contributed by atoms with Gasteiger partial charge in [0, 0.05) is 16.7 Å². The molecule has 0 bridgehead atoms. The molecule has 0 saturated heterocycles. The van der Waals surface area contributed by atoms with Crippen molar-refractivity contribution in [2.75, 3.05) is 12.3 Å². The average molecular weight is 249 g/mol. The van der Waals surface area contributed by atoms with E-state index < -0.39 is 0 Å². The molecule has 0 aliphatic carbocycles. The van der Waals surface area contributed by atoms with Gasteiger partial charge in [0.15, 0.2) is 0 Å². The Labute approximate surface area is 109 Å². The monoisotopic (exact) mass is 249 g/mol. The molecule has 0 saturated carbocycles. The van der Waals surface area contributed by atoms with Crippen molar-refractivity contribution in [2.24, 2.45) is 5.92 Å². The first-order valence-electron chi connectivity index (χ1n) is 6.60. The smallest absolute Gasteiger partial charge is 0.0365 e. The maximum absolute atomic E-state index is 3.72. The van der Waals surface area contributed by atoms with Gasteiger partial charge in [-0.25, -0.2) is 0 Å². The van der Waals surface area contributed by atoms with Crippen LogP contribution in [0.15, 0.2) is 17.0 Å². The zero-order chi connectivity index (χ0) is 12.4. The van der Waals surface area contributed by atoms with Crippen molar-refractivity contribution < 1.29 is 0 Å². The fourth-order valence-electron chi connectivity index (χ4n) is 2.64. The Morgan fingerprint density at radius 3 is 2.82 bits per heavy atom. The first kappa shape index (κ1) is 13.0. The summed E-state index contributed by atoms with van der Waals surface area (Å²) < 4.78 is 0. The van der Waals surface area contributed by atoms with E-state index >= 15 is 0 Å². The van der Waals surface area contributed by atoms with E-state index in [-0.39, 0.29) is 0 Å². The van der Waals surface area contributed by atoms with Gasteiger partial charge in [-0.15, -0.1) is 11.8 Å². The third-order valence-corrected chi connectivity index (χ3v) is 5.00. The first-order valence-corrected chi connectivity index (χ1v) is 7.59. The van der Waals surface area contributed by atoms with Crippen molar-refractivity contribution >= 4 is 11.8 Å². The molecule has 2 atom stereocenters. The lowest BCUT2D eigenvalue weighted by Gasteiger charge is -2.33. The van der Waals surface area contributed by atoms with E-state index in [2.05, 4.69) is 45.1 Å². The minimum atomic E-state index is 0.546. The number of fused-ring (bicyclic) bond motifs is 1. The molecule has 0 spiro atoms. The van der Waals surface area contributed by atoms with Gasteiger partial charge in [0.2, 0.25) is 0 Å². The molecule has 1 aliphatic heterocycles. The largest absolute Gasteiger partial charge is 0.310 e. The summed E-state index contributed by atoms with van der Waals surface area (Å²) in [6.45, 7) is 10.2. The average Bonchev–Trinajstić information content (AvgIpc) is 2.27. The van der Waals surface area contributed by atoms with Crippen LogP contribution in [0.5, 0.6) is 0 Å². The number of rotatable bonds is 3. The van der Waals surface area contributed by atoms with Crippen LogP contribution < -0.4 is 5.32 Å². The minimum absolute atomic E-state index is 0.546. The van der Waals surface area contributed by atoms with Crippen molar-refractivity contribution in [1.82, 2.24) is 5.32 Å². The quantitative estimate of drug-likeness (QED) is 0.866. The van der Waals surface area contributed by atoms with E-state index in [1.165, 1.54) is 33.8 Å². The lowest BCUT2D eigenvalue weighted by molar-refractivity contribution is 0.407. The molecule has 2 rings (SSSR count). The molecule has 1 heterocycles. The number of hydrogen-bond donors (Lipinski definition) is 1. The fraction of sp³-hybridized carbons (Fsp3) is 0.600. The predicted molar refractivity (Wildman–Crippen MR) is 76.8 cm³/mol. The van der Waals surface area contributed by atoms with E-state index in [0.717, 1.165) is 12.5 Å². The van der Waals surface area contributed by atoms with Gasteiger partial charge >= 0.3 is 0 Å². The molecule has 0 radical (unpaired) electrons. The summed E-state index contributed by atoms with van der Waals surface area (Å²) in [6.07, 6.45) is 1.20. The summed E-state index contributed by atoms with van der Waals surface area (Å²) >= 11 is 2.03. The zero-order valence-corrected chi connectivity index (χ0v) is 12.2. The molecule has 1 N–H and O–H groups in total. The zero-order valence-electron chi connectivity index (χ0n) is 11.3. The Balaban J connectivity index is 2.36. The Morgan fingerprint density at radius 2 is 2.12 bits per heavy atom. The number of hydrogen-bond acceptors (Lipinski definition) is 2. The van der Waals surface area contributed by atoms with E-state index in [1.54, 1.807) is 0 Å². The summed E-state index contributed by atoms with van der Waals surface area (Å²) in [5.74, 6) is 1.96. The van der Waals surface area contributed by atoms with Gasteiger partial charge < -0.3 is 5.32 Å². The molecule has 0 amide bonds. The van der Waals surface area contributed by atoms with Crippen LogP contribution in [0.4, 0.5) is 0 Å². The number of aryl methyl sites for hydroxylation is 2. The van der Waals surface area contributed by atoms with Crippen LogP contribution in [0.2, 0.25) is 0 Å². The molecule has 1 aromatic rings. The standard InChI is InChI=1S/C15H23NS/c1-5-6-16-14-12(4)9-17-15-11(3)7-10(2)8-13(14)15/h7-8,12,14,16H,5-6,9H2,1-4H3. The predicted octanol–water partition coefficient (Wildman–Crippen LogP) is 4.09. The molecule has 17 heavy (non-hydrogen) atoms. The van der Waals surface area contributed by atoms with Gasteiger partial charge in [-0.2, -0.15) is 0 Å². The third-order valence-electron chi connectivity index (χ3n) is 3.46. The summed E-state index contributed by atoms with van der Waals surface area (Å²) in [4.78, 5) is 1.52. The van der Waals surface area contributed by atoms with Crippen molar-refractivity contribution in [2.45, 2.75) is 45.1 Å². The molecular weight excluding hydrogens is 226 g/mol. The second-order valence-electron chi connectivity index (χ2n) is 5.22. The van der Waals surface area contributed by atoms with Gasteiger partial charge in [0.05, 0.1) is 0 Å². The normalized spacial score (nSPS) is 23.5. The van der Waals surface area contributed by atoms with Gasteiger partial charge in [-0.3, -0.25) is 0 Å². The molecule has 2 unspecified atom stereocenters. The lowest BCUT2D eigenvalue weighted by Crippen LogP contribution is -2.31. The topological polar surface area (TPSA) is 12.0 Å². The molecule has 2 heteroatoms. The van der Waals surface area contributed by atoms with Crippen molar-refractivity contribution in [3.63, 3.8) is 0 Å². The van der Waals surface area contributed by atoms with Crippen LogP contribution in [0.1, 0.15) is 43.0 Å². The fourth-order valence-corrected chi connectivity index (χ4v) is 3.91. The van der Waals surface area contributed by atoms with Crippen LogP contribution in [-0.4, -0.2) is 12.3 Å². The SMILES string of the molecule is CCCNC1c2cc(C)cc(C)c2SCC1C. The van der Waals surface area contributed by atoms with E-state index in [0.29, 0.717) is 6.04 Å². The van der Waals surface area contributed by atoms with Crippen LogP contribution in [-0.2, 0) is 0 Å². The van der Waals surface area contributed by atoms with E-state index in [4.69, 9.17) is 0 Å². The van der Waals surface area contributed by atoms with Crippen LogP contribution in [0, 0.1) is 19.8 Å². The second kappa shape index (κ2) is 5.45. The third kappa shape index (κ3) is 2.69. The molecular formula is C15H23NS. The van der Waals surface area contributed by atoms with Gasteiger partial charge in [0.25, 0.3) is 0 Å². The second-order valence-corrected chi connectivity index (χ2v) is 6.25.